The van der Waals surface area contributed by atoms with E-state index < -0.39 is 6.10 Å². The van der Waals surface area contributed by atoms with Crippen molar-refractivity contribution in [1.29, 1.82) is 0 Å². The van der Waals surface area contributed by atoms with Crippen molar-refractivity contribution in [2.75, 3.05) is 0 Å². The number of rotatable bonds is 2. The van der Waals surface area contributed by atoms with E-state index in [1.54, 1.807) is 0 Å². The fourth-order valence-electron chi connectivity index (χ4n) is 1.89. The van der Waals surface area contributed by atoms with Gasteiger partial charge in [-0.15, -0.1) is 0 Å². The number of hydrogen-bond donors (Lipinski definition) is 1. The van der Waals surface area contributed by atoms with E-state index in [-0.39, 0.29) is 0 Å². The Balaban J connectivity index is 2.43. The minimum absolute atomic E-state index is 0.579. The number of aliphatic hydroxyl groups is 1. The van der Waals surface area contributed by atoms with E-state index in [4.69, 9.17) is 0 Å². The lowest BCUT2D eigenvalue weighted by Gasteiger charge is -2.14. The zero-order chi connectivity index (χ0) is 12.4. The summed E-state index contributed by atoms with van der Waals surface area (Å²) in [5.74, 6) is 0. The Morgan fingerprint density at radius 2 is 1.71 bits per heavy atom. The topological polar surface area (TPSA) is 20.2 Å². The van der Waals surface area contributed by atoms with Gasteiger partial charge in [0.05, 0.1) is 0 Å². The van der Waals surface area contributed by atoms with Crippen molar-refractivity contribution in [3.05, 3.63) is 69.2 Å². The van der Waals surface area contributed by atoms with Gasteiger partial charge < -0.3 is 5.11 Å². The van der Waals surface area contributed by atoms with Gasteiger partial charge in [0.15, 0.2) is 0 Å². The van der Waals surface area contributed by atoms with Gasteiger partial charge in [0.25, 0.3) is 0 Å². The molecule has 1 nitrogen and oxygen atoms in total. The molecule has 1 unspecified atom stereocenters. The molecule has 0 bridgehead atoms. The Morgan fingerprint density at radius 3 is 2.41 bits per heavy atom. The minimum atomic E-state index is -0.579. The molecule has 0 aromatic heterocycles. The van der Waals surface area contributed by atoms with Crippen LogP contribution < -0.4 is 0 Å². The van der Waals surface area contributed by atoms with E-state index in [2.05, 4.69) is 15.9 Å². The predicted octanol–water partition coefficient (Wildman–Crippen LogP) is 4.15. The molecule has 0 saturated carbocycles. The SMILES string of the molecule is Cc1cccc(C(O)c2cc(C)ccc2Br)c1. The summed E-state index contributed by atoms with van der Waals surface area (Å²) in [6, 6.07) is 14.0. The molecule has 0 saturated heterocycles. The normalized spacial score (nSPS) is 12.5. The number of benzene rings is 2. The second-order valence-electron chi connectivity index (χ2n) is 4.34. The summed E-state index contributed by atoms with van der Waals surface area (Å²) in [4.78, 5) is 0. The third kappa shape index (κ3) is 2.76. The van der Waals surface area contributed by atoms with Crippen molar-refractivity contribution >= 4 is 15.9 Å². The summed E-state index contributed by atoms with van der Waals surface area (Å²) in [6.45, 7) is 4.06. The van der Waals surface area contributed by atoms with Crippen LogP contribution in [0.4, 0.5) is 0 Å². The van der Waals surface area contributed by atoms with Crippen LogP contribution in [0.25, 0.3) is 0 Å². The molecule has 0 aliphatic carbocycles. The Bertz CT molecular complexity index is 534. The first-order valence-electron chi connectivity index (χ1n) is 5.58. The average molecular weight is 291 g/mol. The molecular formula is C15H15BrO. The van der Waals surface area contributed by atoms with Gasteiger partial charge >= 0.3 is 0 Å². The van der Waals surface area contributed by atoms with E-state index in [0.717, 1.165) is 26.7 Å². The van der Waals surface area contributed by atoms with Gasteiger partial charge in [0, 0.05) is 4.47 Å². The van der Waals surface area contributed by atoms with Crippen LogP contribution in [0.1, 0.15) is 28.4 Å². The lowest BCUT2D eigenvalue weighted by Crippen LogP contribution is -2.01. The first kappa shape index (κ1) is 12.3. The van der Waals surface area contributed by atoms with E-state index in [9.17, 15) is 5.11 Å². The zero-order valence-electron chi connectivity index (χ0n) is 9.94. The fourth-order valence-corrected chi connectivity index (χ4v) is 2.36. The van der Waals surface area contributed by atoms with Crippen LogP contribution in [-0.2, 0) is 0 Å². The molecule has 1 N–H and O–H groups in total. The van der Waals surface area contributed by atoms with Crippen LogP contribution in [0.3, 0.4) is 0 Å². The molecule has 0 fully saturated rings. The molecule has 1 atom stereocenters. The Kier molecular flexibility index (Phi) is 3.65. The first-order chi connectivity index (χ1) is 8.08. The second kappa shape index (κ2) is 5.03. The minimum Gasteiger partial charge on any atom is -0.384 e. The lowest BCUT2D eigenvalue weighted by molar-refractivity contribution is 0.219. The molecule has 0 aliphatic rings. The van der Waals surface area contributed by atoms with Crippen molar-refractivity contribution in [2.45, 2.75) is 20.0 Å². The third-order valence-electron chi connectivity index (χ3n) is 2.80. The third-order valence-corrected chi connectivity index (χ3v) is 3.53. The van der Waals surface area contributed by atoms with Crippen molar-refractivity contribution < 1.29 is 5.11 Å². The Morgan fingerprint density at radius 1 is 1.00 bits per heavy atom. The maximum atomic E-state index is 10.4. The van der Waals surface area contributed by atoms with Gasteiger partial charge in [-0.3, -0.25) is 0 Å². The van der Waals surface area contributed by atoms with Gasteiger partial charge in [-0.25, -0.2) is 0 Å². The number of hydrogen-bond acceptors (Lipinski definition) is 1. The van der Waals surface area contributed by atoms with Crippen LogP contribution in [0.5, 0.6) is 0 Å². The number of halogens is 1. The summed E-state index contributed by atoms with van der Waals surface area (Å²) in [6.07, 6.45) is -0.579. The summed E-state index contributed by atoms with van der Waals surface area (Å²) in [5.41, 5.74) is 4.15. The monoisotopic (exact) mass is 290 g/mol. The zero-order valence-corrected chi connectivity index (χ0v) is 11.5. The molecule has 0 amide bonds. The highest BCUT2D eigenvalue weighted by Gasteiger charge is 2.13. The fraction of sp³-hybridized carbons (Fsp3) is 0.200. The van der Waals surface area contributed by atoms with Crippen LogP contribution in [0.15, 0.2) is 46.9 Å². The van der Waals surface area contributed by atoms with Crippen molar-refractivity contribution in [3.63, 3.8) is 0 Å². The molecule has 2 rings (SSSR count). The maximum absolute atomic E-state index is 10.4. The second-order valence-corrected chi connectivity index (χ2v) is 5.20. The largest absolute Gasteiger partial charge is 0.384 e. The van der Waals surface area contributed by atoms with Gasteiger partial charge in [-0.2, -0.15) is 0 Å². The summed E-state index contributed by atoms with van der Waals surface area (Å²) in [7, 11) is 0. The predicted molar refractivity (Wildman–Crippen MR) is 74.1 cm³/mol. The van der Waals surface area contributed by atoms with Gasteiger partial charge in [-0.05, 0) is 31.0 Å². The average Bonchev–Trinajstić information content (AvgIpc) is 2.31. The van der Waals surface area contributed by atoms with Crippen molar-refractivity contribution in [3.8, 4) is 0 Å². The highest BCUT2D eigenvalue weighted by molar-refractivity contribution is 9.10. The van der Waals surface area contributed by atoms with Gasteiger partial charge in [0.2, 0.25) is 0 Å². The summed E-state index contributed by atoms with van der Waals surface area (Å²) < 4.78 is 0.942. The van der Waals surface area contributed by atoms with Crippen LogP contribution in [0, 0.1) is 13.8 Å². The molecular weight excluding hydrogens is 276 g/mol. The lowest BCUT2D eigenvalue weighted by atomic mass is 9.99. The molecule has 17 heavy (non-hydrogen) atoms. The van der Waals surface area contributed by atoms with Gasteiger partial charge in [-0.1, -0.05) is 63.5 Å². The van der Waals surface area contributed by atoms with E-state index in [0.29, 0.717) is 0 Å². The molecule has 0 spiro atoms. The molecule has 2 aromatic carbocycles. The highest BCUT2D eigenvalue weighted by atomic mass is 79.9. The van der Waals surface area contributed by atoms with Crippen LogP contribution in [0.2, 0.25) is 0 Å². The van der Waals surface area contributed by atoms with Crippen molar-refractivity contribution in [2.24, 2.45) is 0 Å². The number of aliphatic hydroxyl groups excluding tert-OH is 1. The molecule has 0 radical (unpaired) electrons. The Hall–Kier alpha value is -1.12. The maximum Gasteiger partial charge on any atom is 0.105 e. The smallest absolute Gasteiger partial charge is 0.105 e. The number of aryl methyl sites for hydroxylation is 2. The molecule has 0 aliphatic heterocycles. The first-order valence-corrected chi connectivity index (χ1v) is 6.38. The highest BCUT2D eigenvalue weighted by Crippen LogP contribution is 2.29. The standard InChI is InChI=1S/C15H15BrO/c1-10-4-3-5-12(8-10)15(17)13-9-11(2)6-7-14(13)16/h3-9,15,17H,1-2H3. The van der Waals surface area contributed by atoms with E-state index in [1.807, 2.05) is 56.3 Å². The van der Waals surface area contributed by atoms with E-state index >= 15 is 0 Å². The Labute approximate surface area is 110 Å². The summed E-state index contributed by atoms with van der Waals surface area (Å²) >= 11 is 3.49. The van der Waals surface area contributed by atoms with E-state index in [1.165, 1.54) is 0 Å². The van der Waals surface area contributed by atoms with Crippen LogP contribution in [-0.4, -0.2) is 5.11 Å². The van der Waals surface area contributed by atoms with Crippen molar-refractivity contribution in [1.82, 2.24) is 0 Å². The molecule has 2 heteroatoms. The molecule has 88 valence electrons. The van der Waals surface area contributed by atoms with Crippen LogP contribution >= 0.6 is 15.9 Å². The quantitative estimate of drug-likeness (QED) is 0.881. The molecule has 2 aromatic rings. The summed E-state index contributed by atoms with van der Waals surface area (Å²) in [5, 5.41) is 10.4. The van der Waals surface area contributed by atoms with Gasteiger partial charge in [0.1, 0.15) is 6.10 Å². The molecule has 0 heterocycles.